The van der Waals surface area contributed by atoms with E-state index in [9.17, 15) is 14.4 Å². The molecular formula is C15H21N3O4. The third-order valence-corrected chi connectivity index (χ3v) is 3.38. The number of primary amides is 1. The molecule has 1 aromatic rings. The molecule has 1 rings (SSSR count). The van der Waals surface area contributed by atoms with Gasteiger partial charge in [0.05, 0.1) is 5.41 Å². The van der Waals surface area contributed by atoms with Crippen LogP contribution in [0.2, 0.25) is 0 Å². The Morgan fingerprint density at radius 2 is 1.91 bits per heavy atom. The summed E-state index contributed by atoms with van der Waals surface area (Å²) >= 11 is 0. The van der Waals surface area contributed by atoms with Crippen molar-refractivity contribution in [3.63, 3.8) is 0 Å². The minimum atomic E-state index is -0.917. The molecule has 0 aromatic heterocycles. The first-order valence-corrected chi connectivity index (χ1v) is 6.82. The largest absolute Gasteiger partial charge is 0.481 e. The van der Waals surface area contributed by atoms with Gasteiger partial charge in [0.2, 0.25) is 5.91 Å². The molecule has 0 fully saturated rings. The highest BCUT2D eigenvalue weighted by Crippen LogP contribution is 2.19. The van der Waals surface area contributed by atoms with Crippen LogP contribution in [-0.2, 0) is 4.79 Å². The Bertz CT molecular complexity index is 596. The Balaban J connectivity index is 2.61. The summed E-state index contributed by atoms with van der Waals surface area (Å²) < 4.78 is 0. The molecule has 0 saturated carbocycles. The number of aliphatic carboxylic acids is 1. The molecule has 0 aliphatic rings. The van der Waals surface area contributed by atoms with Gasteiger partial charge in [0.25, 0.3) is 0 Å². The van der Waals surface area contributed by atoms with Crippen LogP contribution in [0.3, 0.4) is 0 Å². The van der Waals surface area contributed by atoms with Crippen molar-refractivity contribution < 1.29 is 19.5 Å². The van der Waals surface area contributed by atoms with Crippen LogP contribution in [-0.4, -0.2) is 29.6 Å². The van der Waals surface area contributed by atoms with Gasteiger partial charge in [-0.15, -0.1) is 0 Å². The van der Waals surface area contributed by atoms with Crippen molar-refractivity contribution >= 4 is 23.6 Å². The molecule has 0 bridgehead atoms. The van der Waals surface area contributed by atoms with Crippen LogP contribution in [0.15, 0.2) is 18.2 Å². The third kappa shape index (κ3) is 4.76. The number of nitrogens with two attached hydrogens (primary N) is 1. The number of aryl methyl sites for hydroxylation is 1. The minimum absolute atomic E-state index is 0.222. The maximum Gasteiger partial charge on any atom is 0.319 e. The first-order valence-electron chi connectivity index (χ1n) is 6.82. The van der Waals surface area contributed by atoms with Crippen molar-refractivity contribution in [2.24, 2.45) is 11.1 Å². The third-order valence-electron chi connectivity index (χ3n) is 3.38. The second-order valence-corrected chi connectivity index (χ2v) is 5.71. The molecule has 7 heteroatoms. The van der Waals surface area contributed by atoms with Gasteiger partial charge in [-0.25, -0.2) is 4.79 Å². The number of carboxylic acid groups (broad SMARTS) is 1. The summed E-state index contributed by atoms with van der Waals surface area (Å²) in [6, 6.07) is 4.29. The Kier molecular flexibility index (Phi) is 5.50. The fraction of sp³-hybridized carbons (Fsp3) is 0.400. The van der Waals surface area contributed by atoms with E-state index in [0.717, 1.165) is 5.56 Å². The van der Waals surface area contributed by atoms with Crippen molar-refractivity contribution in [3.8, 4) is 0 Å². The number of carbonyl (C=O) groups is 3. The molecule has 0 heterocycles. The molecule has 5 N–H and O–H groups in total. The van der Waals surface area contributed by atoms with E-state index in [1.807, 2.05) is 0 Å². The highest BCUT2D eigenvalue weighted by atomic mass is 16.4. The summed E-state index contributed by atoms with van der Waals surface area (Å²) in [6.45, 7) is 5.19. The summed E-state index contributed by atoms with van der Waals surface area (Å²) in [6.07, 6.45) is 0.302. The molecule has 7 nitrogen and oxygen atoms in total. The summed E-state index contributed by atoms with van der Waals surface area (Å²) in [5.74, 6) is -1.49. The lowest BCUT2D eigenvalue weighted by Crippen LogP contribution is -2.34. The molecule has 3 amide bonds. The van der Waals surface area contributed by atoms with Crippen LogP contribution in [0.1, 0.15) is 36.2 Å². The number of carbonyl (C=O) groups excluding carboxylic acids is 2. The molecule has 0 aliphatic heterocycles. The van der Waals surface area contributed by atoms with Crippen molar-refractivity contribution in [2.75, 3.05) is 11.9 Å². The fourth-order valence-corrected chi connectivity index (χ4v) is 1.67. The molecular weight excluding hydrogens is 286 g/mol. The standard InChI is InChI=1S/C15H21N3O4/c1-9-4-5-10(12(16)19)8-11(9)18-14(22)17-7-6-15(2,3)13(20)21/h4-5,8H,6-7H2,1-3H3,(H2,16,19)(H,20,21)(H2,17,18,22). The van der Waals surface area contributed by atoms with Crippen molar-refractivity contribution in [2.45, 2.75) is 27.2 Å². The maximum atomic E-state index is 11.8. The Morgan fingerprint density at radius 3 is 2.45 bits per heavy atom. The number of hydrogen-bond donors (Lipinski definition) is 4. The Morgan fingerprint density at radius 1 is 1.27 bits per heavy atom. The van der Waals surface area contributed by atoms with E-state index in [2.05, 4.69) is 10.6 Å². The number of carboxylic acids is 1. The van der Waals surface area contributed by atoms with E-state index in [1.54, 1.807) is 32.9 Å². The second-order valence-electron chi connectivity index (χ2n) is 5.71. The normalized spacial score (nSPS) is 10.9. The van der Waals surface area contributed by atoms with Crippen LogP contribution in [0.5, 0.6) is 0 Å². The van der Waals surface area contributed by atoms with Gasteiger partial charge < -0.3 is 21.5 Å². The van der Waals surface area contributed by atoms with Crippen LogP contribution >= 0.6 is 0 Å². The molecule has 0 radical (unpaired) electrons. The molecule has 22 heavy (non-hydrogen) atoms. The van der Waals surface area contributed by atoms with Crippen LogP contribution in [0.25, 0.3) is 0 Å². The zero-order chi connectivity index (χ0) is 16.9. The average Bonchev–Trinajstić information content (AvgIpc) is 2.40. The minimum Gasteiger partial charge on any atom is -0.481 e. The van der Waals surface area contributed by atoms with Crippen molar-refractivity contribution in [3.05, 3.63) is 29.3 Å². The van der Waals surface area contributed by atoms with Gasteiger partial charge in [0.1, 0.15) is 0 Å². The summed E-state index contributed by atoms with van der Waals surface area (Å²) in [7, 11) is 0. The van der Waals surface area contributed by atoms with E-state index >= 15 is 0 Å². The summed E-state index contributed by atoms with van der Waals surface area (Å²) in [4.78, 5) is 33.9. The van der Waals surface area contributed by atoms with Gasteiger partial charge in [-0.1, -0.05) is 6.07 Å². The monoisotopic (exact) mass is 307 g/mol. The SMILES string of the molecule is Cc1ccc(C(N)=O)cc1NC(=O)NCCC(C)(C)C(=O)O. The Labute approximate surface area is 128 Å². The number of amides is 3. The zero-order valence-corrected chi connectivity index (χ0v) is 12.9. The number of hydrogen-bond acceptors (Lipinski definition) is 3. The zero-order valence-electron chi connectivity index (χ0n) is 12.9. The van der Waals surface area contributed by atoms with Gasteiger partial charge in [-0.2, -0.15) is 0 Å². The van der Waals surface area contributed by atoms with Gasteiger partial charge in [-0.05, 0) is 44.9 Å². The lowest BCUT2D eigenvalue weighted by Gasteiger charge is -2.19. The van der Waals surface area contributed by atoms with Crippen LogP contribution in [0, 0.1) is 12.3 Å². The molecule has 0 saturated heterocycles. The Hall–Kier alpha value is -2.57. The van der Waals surface area contributed by atoms with E-state index in [-0.39, 0.29) is 6.54 Å². The first-order chi connectivity index (χ1) is 10.1. The molecule has 0 unspecified atom stereocenters. The second kappa shape index (κ2) is 6.93. The van der Waals surface area contributed by atoms with E-state index in [1.165, 1.54) is 6.07 Å². The number of nitrogens with one attached hydrogen (secondary N) is 2. The number of benzene rings is 1. The lowest BCUT2D eigenvalue weighted by molar-refractivity contribution is -0.147. The van der Waals surface area contributed by atoms with Crippen LogP contribution in [0.4, 0.5) is 10.5 Å². The smallest absolute Gasteiger partial charge is 0.319 e. The van der Waals surface area contributed by atoms with Crippen molar-refractivity contribution in [1.82, 2.24) is 5.32 Å². The van der Waals surface area contributed by atoms with Crippen molar-refractivity contribution in [1.29, 1.82) is 0 Å². The molecule has 0 atom stereocenters. The highest BCUT2D eigenvalue weighted by molar-refractivity contribution is 5.96. The summed E-state index contributed by atoms with van der Waals surface area (Å²) in [5, 5.41) is 14.2. The quantitative estimate of drug-likeness (QED) is 0.639. The predicted octanol–water partition coefficient (Wildman–Crippen LogP) is 1.72. The number of urea groups is 1. The van der Waals surface area contributed by atoms with E-state index in [4.69, 9.17) is 10.8 Å². The molecule has 0 spiro atoms. The van der Waals surface area contributed by atoms with Crippen LogP contribution < -0.4 is 16.4 Å². The first kappa shape index (κ1) is 17.5. The average molecular weight is 307 g/mol. The van der Waals surface area contributed by atoms with Gasteiger partial charge in [-0.3, -0.25) is 9.59 Å². The maximum absolute atomic E-state index is 11.8. The number of anilines is 1. The van der Waals surface area contributed by atoms with Gasteiger partial charge in [0, 0.05) is 17.8 Å². The van der Waals surface area contributed by atoms with Gasteiger partial charge in [0.15, 0.2) is 0 Å². The number of rotatable bonds is 6. The molecule has 120 valence electrons. The van der Waals surface area contributed by atoms with E-state index < -0.39 is 23.3 Å². The topological polar surface area (TPSA) is 122 Å². The van der Waals surface area contributed by atoms with Gasteiger partial charge >= 0.3 is 12.0 Å². The fourth-order valence-electron chi connectivity index (χ4n) is 1.67. The summed E-state index contributed by atoms with van der Waals surface area (Å²) in [5.41, 5.74) is 5.85. The molecule has 1 aromatic carbocycles. The van der Waals surface area contributed by atoms with E-state index in [0.29, 0.717) is 17.7 Å². The molecule has 0 aliphatic carbocycles. The predicted molar refractivity (Wildman–Crippen MR) is 82.8 cm³/mol. The highest BCUT2D eigenvalue weighted by Gasteiger charge is 2.26. The lowest BCUT2D eigenvalue weighted by atomic mass is 9.90.